The summed E-state index contributed by atoms with van der Waals surface area (Å²) in [6.45, 7) is 9.23. The number of hydrogen-bond donors (Lipinski definition) is 2. The van der Waals surface area contributed by atoms with Crippen LogP contribution in [-0.4, -0.2) is 23.3 Å². The highest BCUT2D eigenvalue weighted by Gasteiger charge is 2.35. The summed E-state index contributed by atoms with van der Waals surface area (Å²) in [5.74, 6) is 1.65. The Morgan fingerprint density at radius 3 is 2.07 bits per heavy atom. The minimum absolute atomic E-state index is 0.0134. The van der Waals surface area contributed by atoms with Crippen molar-refractivity contribution in [3.8, 4) is 0 Å². The molecule has 0 saturated heterocycles. The molecule has 1 aliphatic carbocycles. The van der Waals surface area contributed by atoms with E-state index in [4.69, 9.17) is 0 Å². The molecular weight excluding hydrogens is 186 g/mol. The Hall–Kier alpha value is -0.0800. The Morgan fingerprint density at radius 2 is 1.73 bits per heavy atom. The first-order valence-corrected chi connectivity index (χ1v) is 6.37. The average molecular weight is 213 g/mol. The van der Waals surface area contributed by atoms with Crippen molar-refractivity contribution in [2.24, 2.45) is 11.8 Å². The summed E-state index contributed by atoms with van der Waals surface area (Å²) in [4.78, 5) is 0. The van der Waals surface area contributed by atoms with Crippen molar-refractivity contribution < 1.29 is 5.11 Å². The van der Waals surface area contributed by atoms with Crippen LogP contribution in [0.2, 0.25) is 0 Å². The highest BCUT2D eigenvalue weighted by atomic mass is 16.3. The van der Waals surface area contributed by atoms with E-state index in [-0.39, 0.29) is 12.1 Å². The molecule has 2 N–H and O–H groups in total. The molecule has 1 aliphatic rings. The zero-order chi connectivity index (χ0) is 11.5. The van der Waals surface area contributed by atoms with E-state index in [1.807, 2.05) is 0 Å². The third kappa shape index (κ3) is 3.46. The first kappa shape index (κ1) is 13.0. The van der Waals surface area contributed by atoms with Gasteiger partial charge in [-0.1, -0.05) is 27.7 Å². The van der Waals surface area contributed by atoms with Crippen LogP contribution in [-0.2, 0) is 0 Å². The lowest BCUT2D eigenvalue weighted by Crippen LogP contribution is -2.53. The molecule has 0 aliphatic heterocycles. The third-order valence-corrected chi connectivity index (χ3v) is 3.83. The Labute approximate surface area is 94.5 Å². The molecule has 1 rings (SSSR count). The van der Waals surface area contributed by atoms with Crippen LogP contribution in [0.5, 0.6) is 0 Å². The van der Waals surface area contributed by atoms with Crippen molar-refractivity contribution >= 4 is 0 Å². The van der Waals surface area contributed by atoms with Crippen LogP contribution in [0, 0.1) is 11.8 Å². The lowest BCUT2D eigenvalue weighted by molar-refractivity contribution is 0.0844. The van der Waals surface area contributed by atoms with Gasteiger partial charge in [0.15, 0.2) is 0 Å². The number of hydrogen-bond acceptors (Lipinski definition) is 2. The molecule has 2 heteroatoms. The van der Waals surface area contributed by atoms with Crippen LogP contribution in [0.15, 0.2) is 0 Å². The van der Waals surface area contributed by atoms with Crippen LogP contribution in [0.1, 0.15) is 53.4 Å². The summed E-state index contributed by atoms with van der Waals surface area (Å²) in [5, 5.41) is 13.1. The molecule has 0 bridgehead atoms. The van der Waals surface area contributed by atoms with E-state index >= 15 is 0 Å². The topological polar surface area (TPSA) is 32.3 Å². The minimum atomic E-state index is 0.0134. The van der Waals surface area contributed by atoms with Gasteiger partial charge >= 0.3 is 0 Å². The molecule has 1 fully saturated rings. The molecule has 0 aromatic rings. The fourth-order valence-corrected chi connectivity index (χ4v) is 2.82. The van der Waals surface area contributed by atoms with Crippen molar-refractivity contribution in [3.05, 3.63) is 0 Å². The largest absolute Gasteiger partial charge is 0.394 e. The van der Waals surface area contributed by atoms with E-state index in [0.717, 1.165) is 24.7 Å². The second-order valence-electron chi connectivity index (χ2n) is 5.82. The summed E-state index contributed by atoms with van der Waals surface area (Å²) >= 11 is 0. The Morgan fingerprint density at radius 1 is 1.20 bits per heavy atom. The predicted molar refractivity (Wildman–Crippen MR) is 64.9 cm³/mol. The molecule has 0 amide bonds. The molecule has 0 unspecified atom stereocenters. The van der Waals surface area contributed by atoms with E-state index < -0.39 is 0 Å². The summed E-state index contributed by atoms with van der Waals surface area (Å²) in [7, 11) is 0. The Balaban J connectivity index is 2.50. The minimum Gasteiger partial charge on any atom is -0.394 e. The van der Waals surface area contributed by atoms with Crippen molar-refractivity contribution in [3.63, 3.8) is 0 Å². The highest BCUT2D eigenvalue weighted by Crippen LogP contribution is 2.35. The van der Waals surface area contributed by atoms with Gasteiger partial charge in [0.2, 0.25) is 0 Å². The van der Waals surface area contributed by atoms with Gasteiger partial charge in [-0.15, -0.1) is 0 Å². The van der Waals surface area contributed by atoms with Gasteiger partial charge in [0.1, 0.15) is 0 Å². The van der Waals surface area contributed by atoms with Gasteiger partial charge in [-0.2, -0.15) is 0 Å². The molecular formula is C13H27NO. The van der Waals surface area contributed by atoms with Crippen molar-refractivity contribution in [1.82, 2.24) is 5.32 Å². The number of rotatable bonds is 4. The second kappa shape index (κ2) is 5.31. The first-order valence-electron chi connectivity index (χ1n) is 6.37. The van der Waals surface area contributed by atoms with Crippen LogP contribution < -0.4 is 5.32 Å². The predicted octanol–water partition coefficient (Wildman–Crippen LogP) is 2.56. The normalized spacial score (nSPS) is 32.6. The molecule has 0 aromatic carbocycles. The number of aliphatic hydroxyl groups excluding tert-OH is 1. The van der Waals surface area contributed by atoms with Gasteiger partial charge in [0, 0.05) is 11.6 Å². The molecule has 0 atom stereocenters. The zero-order valence-electron chi connectivity index (χ0n) is 10.7. The maximum atomic E-state index is 9.55. The van der Waals surface area contributed by atoms with E-state index in [9.17, 15) is 5.11 Å². The van der Waals surface area contributed by atoms with Gasteiger partial charge in [0.25, 0.3) is 0 Å². The standard InChI is InChI=1S/C13H27NO/c1-10(2)12-5-7-13(9-15,8-6-12)14-11(3)4/h10-12,14-15H,5-9H2,1-4H3. The summed E-state index contributed by atoms with van der Waals surface area (Å²) in [6.07, 6.45) is 4.78. The zero-order valence-corrected chi connectivity index (χ0v) is 10.7. The van der Waals surface area contributed by atoms with Crippen molar-refractivity contribution in [2.75, 3.05) is 6.61 Å². The molecule has 0 aromatic heterocycles. The first-order chi connectivity index (χ1) is 6.99. The van der Waals surface area contributed by atoms with Crippen LogP contribution in [0.4, 0.5) is 0 Å². The lowest BCUT2D eigenvalue weighted by atomic mass is 9.73. The van der Waals surface area contributed by atoms with Crippen LogP contribution >= 0.6 is 0 Å². The molecule has 15 heavy (non-hydrogen) atoms. The Kier molecular flexibility index (Phi) is 4.60. The van der Waals surface area contributed by atoms with Crippen LogP contribution in [0.25, 0.3) is 0 Å². The molecule has 2 nitrogen and oxygen atoms in total. The van der Waals surface area contributed by atoms with Gasteiger partial charge in [-0.05, 0) is 37.5 Å². The van der Waals surface area contributed by atoms with Gasteiger partial charge in [-0.25, -0.2) is 0 Å². The van der Waals surface area contributed by atoms with Crippen molar-refractivity contribution in [2.45, 2.75) is 65.0 Å². The number of aliphatic hydroxyl groups is 1. The van der Waals surface area contributed by atoms with Crippen LogP contribution in [0.3, 0.4) is 0 Å². The average Bonchev–Trinajstić information content (AvgIpc) is 2.17. The van der Waals surface area contributed by atoms with E-state index in [2.05, 4.69) is 33.0 Å². The van der Waals surface area contributed by atoms with E-state index in [1.165, 1.54) is 12.8 Å². The number of nitrogens with one attached hydrogen (secondary N) is 1. The molecule has 0 radical (unpaired) electrons. The molecule has 1 saturated carbocycles. The van der Waals surface area contributed by atoms with E-state index in [0.29, 0.717) is 6.04 Å². The fourth-order valence-electron chi connectivity index (χ4n) is 2.82. The quantitative estimate of drug-likeness (QED) is 0.752. The van der Waals surface area contributed by atoms with Gasteiger partial charge in [-0.3, -0.25) is 0 Å². The fraction of sp³-hybridized carbons (Fsp3) is 1.00. The van der Waals surface area contributed by atoms with Gasteiger partial charge in [0.05, 0.1) is 6.61 Å². The third-order valence-electron chi connectivity index (χ3n) is 3.83. The summed E-state index contributed by atoms with van der Waals surface area (Å²) < 4.78 is 0. The summed E-state index contributed by atoms with van der Waals surface area (Å²) in [5.41, 5.74) is 0.0134. The van der Waals surface area contributed by atoms with Crippen molar-refractivity contribution in [1.29, 1.82) is 0 Å². The molecule has 90 valence electrons. The van der Waals surface area contributed by atoms with E-state index in [1.54, 1.807) is 0 Å². The Bertz CT molecular complexity index is 181. The monoisotopic (exact) mass is 213 g/mol. The smallest absolute Gasteiger partial charge is 0.0613 e. The SMILES string of the molecule is CC(C)NC1(CO)CCC(C(C)C)CC1. The maximum Gasteiger partial charge on any atom is 0.0613 e. The maximum absolute atomic E-state index is 9.55. The van der Waals surface area contributed by atoms with Gasteiger partial charge < -0.3 is 10.4 Å². The highest BCUT2D eigenvalue weighted by molar-refractivity contribution is 4.93. The second-order valence-corrected chi connectivity index (χ2v) is 5.82. The summed E-state index contributed by atoms with van der Waals surface area (Å²) in [6, 6.07) is 0.466. The molecule has 0 spiro atoms. The molecule has 0 heterocycles. The lowest BCUT2D eigenvalue weighted by Gasteiger charge is -2.42.